The molecule has 0 aromatic carbocycles. The summed E-state index contributed by atoms with van der Waals surface area (Å²) in [5.41, 5.74) is 1.07. The van der Waals surface area contributed by atoms with Crippen LogP contribution in [0.4, 0.5) is 11.6 Å². The smallest absolute Gasteiger partial charge is 0.213 e. The molecule has 0 aliphatic rings. The van der Waals surface area contributed by atoms with E-state index in [-0.39, 0.29) is 0 Å². The van der Waals surface area contributed by atoms with Gasteiger partial charge in [-0.05, 0) is 12.5 Å². The molecule has 2 heterocycles. The summed E-state index contributed by atoms with van der Waals surface area (Å²) in [6, 6.07) is 5.76. The molecule has 0 aliphatic heterocycles. The third-order valence-electron chi connectivity index (χ3n) is 2.67. The highest BCUT2D eigenvalue weighted by Gasteiger charge is 2.01. The first-order chi connectivity index (χ1) is 9.69. The Morgan fingerprint density at radius 2 is 2.05 bits per heavy atom. The summed E-state index contributed by atoms with van der Waals surface area (Å²) in [5, 5.41) is 3.25. The fourth-order valence-electron chi connectivity index (χ4n) is 1.63. The first kappa shape index (κ1) is 14.0. The van der Waals surface area contributed by atoms with E-state index in [1.165, 1.54) is 0 Å². The van der Waals surface area contributed by atoms with Crippen molar-refractivity contribution in [2.75, 3.05) is 30.9 Å². The molecule has 0 aliphatic carbocycles. The molecule has 2 aromatic rings. The molecule has 0 saturated carbocycles. The van der Waals surface area contributed by atoms with Gasteiger partial charge >= 0.3 is 0 Å². The number of nitrogens with zero attached hydrogens (tertiary/aromatic N) is 4. The molecule has 0 saturated heterocycles. The van der Waals surface area contributed by atoms with Gasteiger partial charge in [-0.1, -0.05) is 6.07 Å². The third kappa shape index (κ3) is 3.81. The fraction of sp³-hybridized carbons (Fsp3) is 0.357. The fourth-order valence-corrected chi connectivity index (χ4v) is 1.63. The van der Waals surface area contributed by atoms with Crippen LogP contribution in [0.25, 0.3) is 0 Å². The number of rotatable bonds is 6. The molecule has 106 valence electrons. The standard InChI is InChI=1S/C14H19N5O/c1-4-20-14-6-5-11(9-16-14)8-15-12-7-13(19(2)3)18-10-17-12/h5-7,9-10H,4,8H2,1-3H3,(H,15,17,18). The number of hydrogen-bond donors (Lipinski definition) is 1. The van der Waals surface area contributed by atoms with Crippen molar-refractivity contribution in [2.45, 2.75) is 13.5 Å². The second-order valence-electron chi connectivity index (χ2n) is 4.45. The number of anilines is 2. The molecule has 0 bridgehead atoms. The van der Waals surface area contributed by atoms with Gasteiger partial charge in [0.15, 0.2) is 0 Å². The van der Waals surface area contributed by atoms with Crippen molar-refractivity contribution in [3.05, 3.63) is 36.3 Å². The lowest BCUT2D eigenvalue weighted by atomic mass is 10.3. The largest absolute Gasteiger partial charge is 0.478 e. The van der Waals surface area contributed by atoms with Crippen molar-refractivity contribution in [2.24, 2.45) is 0 Å². The van der Waals surface area contributed by atoms with Crippen LogP contribution in [0.15, 0.2) is 30.7 Å². The average Bonchev–Trinajstić information content (AvgIpc) is 2.47. The van der Waals surface area contributed by atoms with E-state index < -0.39 is 0 Å². The van der Waals surface area contributed by atoms with Crippen molar-refractivity contribution in [1.29, 1.82) is 0 Å². The Hall–Kier alpha value is -2.37. The molecule has 20 heavy (non-hydrogen) atoms. The van der Waals surface area contributed by atoms with Gasteiger partial charge < -0.3 is 15.0 Å². The molecular formula is C14H19N5O. The van der Waals surface area contributed by atoms with Crippen LogP contribution in [0.2, 0.25) is 0 Å². The number of nitrogens with one attached hydrogen (secondary N) is 1. The van der Waals surface area contributed by atoms with Crippen molar-refractivity contribution < 1.29 is 4.74 Å². The Morgan fingerprint density at radius 3 is 2.70 bits per heavy atom. The first-order valence-corrected chi connectivity index (χ1v) is 6.50. The van der Waals surface area contributed by atoms with E-state index in [1.54, 1.807) is 12.5 Å². The molecular weight excluding hydrogens is 254 g/mol. The summed E-state index contributed by atoms with van der Waals surface area (Å²) in [5.74, 6) is 2.30. The van der Waals surface area contributed by atoms with Crippen LogP contribution in [0.3, 0.4) is 0 Å². The van der Waals surface area contributed by atoms with Gasteiger partial charge in [0.05, 0.1) is 6.61 Å². The summed E-state index contributed by atoms with van der Waals surface area (Å²) >= 11 is 0. The summed E-state index contributed by atoms with van der Waals surface area (Å²) in [7, 11) is 3.89. The molecule has 0 spiro atoms. The van der Waals surface area contributed by atoms with Gasteiger partial charge in [-0.3, -0.25) is 0 Å². The number of hydrogen-bond acceptors (Lipinski definition) is 6. The maximum atomic E-state index is 5.31. The third-order valence-corrected chi connectivity index (χ3v) is 2.67. The minimum Gasteiger partial charge on any atom is -0.478 e. The van der Waals surface area contributed by atoms with Gasteiger partial charge in [0, 0.05) is 39.0 Å². The van der Waals surface area contributed by atoms with Crippen molar-refractivity contribution in [1.82, 2.24) is 15.0 Å². The molecule has 0 fully saturated rings. The molecule has 0 radical (unpaired) electrons. The quantitative estimate of drug-likeness (QED) is 0.868. The van der Waals surface area contributed by atoms with E-state index >= 15 is 0 Å². The van der Waals surface area contributed by atoms with E-state index in [4.69, 9.17) is 4.74 Å². The maximum Gasteiger partial charge on any atom is 0.213 e. The van der Waals surface area contributed by atoms with Crippen molar-refractivity contribution in [3.8, 4) is 5.88 Å². The van der Waals surface area contributed by atoms with Gasteiger partial charge in [-0.25, -0.2) is 15.0 Å². The van der Waals surface area contributed by atoms with E-state index in [2.05, 4.69) is 20.3 Å². The predicted octanol–water partition coefficient (Wildman–Crippen LogP) is 1.95. The van der Waals surface area contributed by atoms with Crippen LogP contribution in [0.5, 0.6) is 5.88 Å². The van der Waals surface area contributed by atoms with E-state index in [0.717, 1.165) is 17.2 Å². The molecule has 0 atom stereocenters. The summed E-state index contributed by atoms with van der Waals surface area (Å²) in [6.07, 6.45) is 3.35. The zero-order valence-corrected chi connectivity index (χ0v) is 12.0. The Labute approximate surface area is 118 Å². The maximum absolute atomic E-state index is 5.31. The van der Waals surface area contributed by atoms with E-state index in [0.29, 0.717) is 19.0 Å². The second-order valence-corrected chi connectivity index (χ2v) is 4.45. The number of pyridine rings is 1. The van der Waals surface area contributed by atoms with Crippen LogP contribution in [-0.2, 0) is 6.54 Å². The molecule has 6 nitrogen and oxygen atoms in total. The monoisotopic (exact) mass is 273 g/mol. The average molecular weight is 273 g/mol. The van der Waals surface area contributed by atoms with E-state index in [9.17, 15) is 0 Å². The van der Waals surface area contributed by atoms with Gasteiger partial charge in [0.25, 0.3) is 0 Å². The van der Waals surface area contributed by atoms with Gasteiger partial charge in [0.2, 0.25) is 5.88 Å². The van der Waals surface area contributed by atoms with Crippen molar-refractivity contribution in [3.63, 3.8) is 0 Å². The summed E-state index contributed by atoms with van der Waals surface area (Å²) < 4.78 is 5.31. The summed E-state index contributed by atoms with van der Waals surface area (Å²) in [4.78, 5) is 14.5. The van der Waals surface area contributed by atoms with Crippen LogP contribution in [-0.4, -0.2) is 35.7 Å². The zero-order chi connectivity index (χ0) is 14.4. The highest BCUT2D eigenvalue weighted by atomic mass is 16.5. The normalized spacial score (nSPS) is 10.2. The Kier molecular flexibility index (Phi) is 4.70. The summed E-state index contributed by atoms with van der Waals surface area (Å²) in [6.45, 7) is 3.22. The van der Waals surface area contributed by atoms with E-state index in [1.807, 2.05) is 44.1 Å². The first-order valence-electron chi connectivity index (χ1n) is 6.50. The number of aromatic nitrogens is 3. The molecule has 0 amide bonds. The topological polar surface area (TPSA) is 63.2 Å². The van der Waals surface area contributed by atoms with Gasteiger partial charge in [-0.2, -0.15) is 0 Å². The minimum atomic E-state index is 0.624. The molecule has 1 N–H and O–H groups in total. The minimum absolute atomic E-state index is 0.624. The van der Waals surface area contributed by atoms with Crippen LogP contribution in [0, 0.1) is 0 Å². The van der Waals surface area contributed by atoms with Gasteiger partial charge in [-0.15, -0.1) is 0 Å². The SMILES string of the molecule is CCOc1ccc(CNc2cc(N(C)C)ncn2)cn1. The Morgan fingerprint density at radius 1 is 1.20 bits per heavy atom. The van der Waals surface area contributed by atoms with Gasteiger partial charge in [0.1, 0.15) is 18.0 Å². The highest BCUT2D eigenvalue weighted by molar-refractivity contribution is 5.47. The van der Waals surface area contributed by atoms with Crippen molar-refractivity contribution >= 4 is 11.6 Å². The Bertz CT molecular complexity index is 542. The van der Waals surface area contributed by atoms with Crippen LogP contribution < -0.4 is 15.0 Å². The molecule has 6 heteroatoms. The second kappa shape index (κ2) is 6.70. The van der Waals surface area contributed by atoms with Crippen LogP contribution in [0.1, 0.15) is 12.5 Å². The zero-order valence-electron chi connectivity index (χ0n) is 12.0. The lowest BCUT2D eigenvalue weighted by Crippen LogP contribution is -2.11. The predicted molar refractivity (Wildman–Crippen MR) is 79.1 cm³/mol. The lowest BCUT2D eigenvalue weighted by Gasteiger charge is -2.12. The molecule has 0 unspecified atom stereocenters. The number of ether oxygens (including phenoxy) is 1. The Balaban J connectivity index is 1.96. The van der Waals surface area contributed by atoms with Crippen LogP contribution >= 0.6 is 0 Å². The molecule has 2 rings (SSSR count). The molecule has 2 aromatic heterocycles. The highest BCUT2D eigenvalue weighted by Crippen LogP contribution is 2.13. The lowest BCUT2D eigenvalue weighted by molar-refractivity contribution is 0.326.